The van der Waals surface area contributed by atoms with E-state index < -0.39 is 12.1 Å². The molecule has 2 aromatic heterocycles. The van der Waals surface area contributed by atoms with Gasteiger partial charge in [0.2, 0.25) is 0 Å². The number of carbonyl (C=O) groups excluding carboxylic acids is 2. The molecule has 5 rings (SSSR count). The van der Waals surface area contributed by atoms with Crippen LogP contribution in [0.2, 0.25) is 0 Å². The summed E-state index contributed by atoms with van der Waals surface area (Å²) in [7, 11) is 0. The van der Waals surface area contributed by atoms with Gasteiger partial charge >= 0.3 is 11.9 Å². The number of benzene rings is 3. The number of ether oxygens (including phenoxy) is 2. The lowest BCUT2D eigenvalue weighted by atomic mass is 9.99. The fourth-order valence-corrected chi connectivity index (χ4v) is 5.09. The molecule has 0 spiro atoms. The Balaban J connectivity index is 1.84. The molecule has 0 saturated carbocycles. The van der Waals surface area contributed by atoms with Gasteiger partial charge in [0.25, 0.3) is 0 Å². The molecule has 1 atom stereocenters. The number of nitrogens with zero attached hydrogens (tertiary/aromatic N) is 1. The topological polar surface area (TPSA) is 93.5 Å². The molecule has 5 aromatic rings. The summed E-state index contributed by atoms with van der Waals surface area (Å²) >= 11 is 0. The third kappa shape index (κ3) is 4.68. The lowest BCUT2D eigenvalue weighted by molar-refractivity contribution is -0.153. The van der Waals surface area contributed by atoms with E-state index in [4.69, 9.17) is 9.47 Å². The van der Waals surface area contributed by atoms with Crippen LogP contribution in [0, 0.1) is 0 Å². The number of aromatic nitrogens is 2. The van der Waals surface area contributed by atoms with Crippen molar-refractivity contribution in [1.82, 2.24) is 9.55 Å². The number of nitrogens with one attached hydrogen (secondary N) is 1. The monoisotopic (exact) mass is 510 g/mol. The van der Waals surface area contributed by atoms with E-state index in [2.05, 4.69) is 9.55 Å². The second-order valence-electron chi connectivity index (χ2n) is 9.01. The van der Waals surface area contributed by atoms with E-state index in [-0.39, 0.29) is 25.6 Å². The van der Waals surface area contributed by atoms with E-state index in [0.29, 0.717) is 23.5 Å². The van der Waals surface area contributed by atoms with Crippen molar-refractivity contribution in [1.29, 1.82) is 0 Å². The average molecular weight is 511 g/mol. The Bertz CT molecular complexity index is 1600. The quantitative estimate of drug-likeness (QED) is 0.254. The molecule has 7 heteroatoms. The largest absolute Gasteiger partial charge is 0.466 e. The van der Waals surface area contributed by atoms with Crippen molar-refractivity contribution < 1.29 is 24.2 Å². The fourth-order valence-electron chi connectivity index (χ4n) is 5.09. The van der Waals surface area contributed by atoms with Crippen LogP contribution < -0.4 is 0 Å². The van der Waals surface area contributed by atoms with Gasteiger partial charge in [-0.05, 0) is 37.1 Å². The molecule has 2 heterocycles. The Hall–Kier alpha value is -4.36. The molecule has 0 radical (unpaired) electrons. The summed E-state index contributed by atoms with van der Waals surface area (Å²) in [6.45, 7) is 4.39. The first-order valence-corrected chi connectivity index (χ1v) is 12.8. The molecule has 0 aliphatic heterocycles. The molecule has 0 aliphatic carbocycles. The Morgan fingerprint density at radius 1 is 0.868 bits per heavy atom. The van der Waals surface area contributed by atoms with Gasteiger partial charge in [-0.2, -0.15) is 0 Å². The molecule has 2 N–H and O–H groups in total. The average Bonchev–Trinajstić information content (AvgIpc) is 3.44. The van der Waals surface area contributed by atoms with Gasteiger partial charge in [0, 0.05) is 33.9 Å². The number of hydrogen-bond acceptors (Lipinski definition) is 5. The summed E-state index contributed by atoms with van der Waals surface area (Å²) in [5.74, 6) is -1.07. The van der Waals surface area contributed by atoms with Crippen LogP contribution >= 0.6 is 0 Å². The van der Waals surface area contributed by atoms with E-state index in [1.54, 1.807) is 13.8 Å². The predicted octanol–water partition coefficient (Wildman–Crippen LogP) is 5.54. The number of carbonyl (C=O) groups is 2. The maximum Gasteiger partial charge on any atom is 0.339 e. The third-order valence-electron chi connectivity index (χ3n) is 6.65. The number of aromatic amines is 1. The number of rotatable bonds is 9. The van der Waals surface area contributed by atoms with Crippen molar-refractivity contribution in [2.45, 2.75) is 32.9 Å². The number of fused-ring (bicyclic) bond motifs is 2. The lowest BCUT2D eigenvalue weighted by Crippen LogP contribution is -2.17. The van der Waals surface area contributed by atoms with Gasteiger partial charge in [0.15, 0.2) is 6.10 Å². The van der Waals surface area contributed by atoms with Crippen LogP contribution in [-0.2, 0) is 32.0 Å². The van der Waals surface area contributed by atoms with Crippen LogP contribution in [0.1, 0.15) is 36.6 Å². The van der Waals surface area contributed by atoms with Gasteiger partial charge in [-0.1, -0.05) is 66.7 Å². The molecule has 0 fully saturated rings. The molecular weight excluding hydrogens is 480 g/mol. The van der Waals surface area contributed by atoms with Crippen molar-refractivity contribution in [3.05, 3.63) is 95.6 Å². The molecular formula is C31H30N2O5. The standard InChI is InChI=1S/C31H30N2O5/c1-3-37-26(34)18-23-21-14-8-10-16-24(21)32-28(23)29-27(30(35)31(36)38-4-2)22-15-9-11-17-25(22)33(29)19-20-12-6-5-7-13-20/h5-17,30,32,35H,3-4,18-19H2,1-2H3. The highest BCUT2D eigenvalue weighted by molar-refractivity contribution is 6.00. The van der Waals surface area contributed by atoms with Gasteiger partial charge < -0.3 is 24.1 Å². The second-order valence-corrected chi connectivity index (χ2v) is 9.01. The van der Waals surface area contributed by atoms with Crippen LogP contribution in [0.15, 0.2) is 78.9 Å². The summed E-state index contributed by atoms with van der Waals surface area (Å²) < 4.78 is 12.6. The molecule has 0 aliphatic rings. The Kier molecular flexibility index (Phi) is 7.29. The van der Waals surface area contributed by atoms with Crippen LogP contribution in [-0.4, -0.2) is 39.8 Å². The van der Waals surface area contributed by atoms with Crippen molar-refractivity contribution in [3.63, 3.8) is 0 Å². The number of aliphatic hydroxyl groups is 1. The number of para-hydroxylation sites is 2. The zero-order valence-corrected chi connectivity index (χ0v) is 21.4. The predicted molar refractivity (Wildman–Crippen MR) is 147 cm³/mol. The summed E-state index contributed by atoms with van der Waals surface area (Å²) in [5, 5.41) is 13.0. The lowest BCUT2D eigenvalue weighted by Gasteiger charge is -2.16. The van der Waals surface area contributed by atoms with E-state index in [1.807, 2.05) is 78.9 Å². The van der Waals surface area contributed by atoms with Gasteiger partial charge in [-0.3, -0.25) is 4.79 Å². The Morgan fingerprint density at radius 2 is 1.53 bits per heavy atom. The molecule has 194 valence electrons. The molecule has 3 aromatic carbocycles. The maximum absolute atomic E-state index is 12.9. The zero-order chi connectivity index (χ0) is 26.6. The first kappa shape index (κ1) is 25.3. The summed E-state index contributed by atoms with van der Waals surface area (Å²) in [4.78, 5) is 29.1. The first-order valence-electron chi connectivity index (χ1n) is 12.8. The van der Waals surface area contributed by atoms with Gasteiger partial charge in [0.05, 0.1) is 31.0 Å². The minimum atomic E-state index is -1.52. The Labute approximate surface area is 220 Å². The summed E-state index contributed by atoms with van der Waals surface area (Å²) in [5.41, 5.74) is 5.21. The van der Waals surface area contributed by atoms with Crippen molar-refractivity contribution in [3.8, 4) is 11.4 Å². The SMILES string of the molecule is CCOC(=O)Cc1c(-c2c(C(O)C(=O)OCC)c3ccccc3n2Cc2ccccc2)[nH]c2ccccc12. The highest BCUT2D eigenvalue weighted by atomic mass is 16.5. The van der Waals surface area contributed by atoms with E-state index >= 15 is 0 Å². The van der Waals surface area contributed by atoms with E-state index in [9.17, 15) is 14.7 Å². The van der Waals surface area contributed by atoms with Crippen LogP contribution in [0.3, 0.4) is 0 Å². The van der Waals surface area contributed by atoms with Crippen molar-refractivity contribution in [2.75, 3.05) is 13.2 Å². The third-order valence-corrected chi connectivity index (χ3v) is 6.65. The highest BCUT2D eigenvalue weighted by Gasteiger charge is 2.32. The fraction of sp³-hybridized carbons (Fsp3) is 0.226. The Morgan fingerprint density at radius 3 is 2.26 bits per heavy atom. The summed E-state index contributed by atoms with van der Waals surface area (Å²) in [6.07, 6.45) is -1.48. The smallest absolute Gasteiger partial charge is 0.339 e. The minimum absolute atomic E-state index is 0.0367. The molecule has 0 amide bonds. The van der Waals surface area contributed by atoms with Crippen LogP contribution in [0.4, 0.5) is 0 Å². The summed E-state index contributed by atoms with van der Waals surface area (Å²) in [6, 6.07) is 25.4. The number of aliphatic hydroxyl groups excluding tert-OH is 1. The minimum Gasteiger partial charge on any atom is -0.466 e. The number of esters is 2. The zero-order valence-electron chi connectivity index (χ0n) is 21.4. The molecule has 0 bridgehead atoms. The number of H-pyrrole nitrogens is 1. The highest BCUT2D eigenvalue weighted by Crippen LogP contribution is 2.41. The molecule has 1 unspecified atom stereocenters. The van der Waals surface area contributed by atoms with Crippen LogP contribution in [0.5, 0.6) is 0 Å². The number of hydrogen-bond donors (Lipinski definition) is 2. The molecule has 7 nitrogen and oxygen atoms in total. The molecule has 38 heavy (non-hydrogen) atoms. The van der Waals surface area contributed by atoms with Gasteiger partial charge in [-0.15, -0.1) is 0 Å². The van der Waals surface area contributed by atoms with Crippen molar-refractivity contribution in [2.24, 2.45) is 0 Å². The molecule has 0 saturated heterocycles. The maximum atomic E-state index is 12.9. The second kappa shape index (κ2) is 10.9. The first-order chi connectivity index (χ1) is 18.5. The van der Waals surface area contributed by atoms with Crippen LogP contribution in [0.25, 0.3) is 33.2 Å². The normalized spacial score (nSPS) is 12.1. The van der Waals surface area contributed by atoms with E-state index in [1.165, 1.54) is 0 Å². The van der Waals surface area contributed by atoms with Gasteiger partial charge in [-0.25, -0.2) is 4.79 Å². The van der Waals surface area contributed by atoms with Gasteiger partial charge in [0.1, 0.15) is 0 Å². The van der Waals surface area contributed by atoms with E-state index in [0.717, 1.165) is 32.9 Å². The van der Waals surface area contributed by atoms with Crippen molar-refractivity contribution >= 4 is 33.7 Å².